The third-order valence-corrected chi connectivity index (χ3v) is 4.51. The number of nitrogen functional groups attached to an aromatic ring is 1. The van der Waals surface area contributed by atoms with Gasteiger partial charge in [-0.15, -0.1) is 5.10 Å². The monoisotopic (exact) mass is 365 g/mol. The van der Waals surface area contributed by atoms with Gasteiger partial charge in [0.1, 0.15) is 18.9 Å². The number of alkyl halides is 2. The highest BCUT2D eigenvalue weighted by Gasteiger charge is 2.28. The number of nitrogens with two attached hydrogens (primary N) is 1. The quantitative estimate of drug-likeness (QED) is 0.651. The average Bonchev–Trinajstić information content (AvgIpc) is 3.08. The molecule has 26 heavy (non-hydrogen) atoms. The van der Waals surface area contributed by atoms with Gasteiger partial charge in [-0.2, -0.15) is 10.1 Å². The SMILES string of the molecule is COc1nc(N)nn2ccc(C3=CC(NC(CF)CF)C(N=N)CC3)c12. The minimum atomic E-state index is -0.914. The molecule has 4 N–H and O–H groups in total. The molecular weight excluding hydrogens is 344 g/mol. The van der Waals surface area contributed by atoms with Crippen molar-refractivity contribution in [3.8, 4) is 5.88 Å². The highest BCUT2D eigenvalue weighted by molar-refractivity contribution is 5.82. The lowest BCUT2D eigenvalue weighted by atomic mass is 9.88. The zero-order chi connectivity index (χ0) is 18.7. The van der Waals surface area contributed by atoms with Gasteiger partial charge >= 0.3 is 0 Å². The van der Waals surface area contributed by atoms with Crippen molar-refractivity contribution >= 4 is 17.0 Å². The minimum Gasteiger partial charge on any atom is -0.479 e. The van der Waals surface area contributed by atoms with Crippen molar-refractivity contribution in [1.82, 2.24) is 19.9 Å². The highest BCUT2D eigenvalue weighted by atomic mass is 19.1. The number of nitrogens with one attached hydrogen (secondary N) is 2. The van der Waals surface area contributed by atoms with E-state index in [4.69, 9.17) is 16.0 Å². The molecule has 0 saturated heterocycles. The van der Waals surface area contributed by atoms with E-state index in [2.05, 4.69) is 20.5 Å². The number of aromatic nitrogens is 3. The van der Waals surface area contributed by atoms with Crippen LogP contribution in [0.15, 0.2) is 23.5 Å². The second-order valence-electron chi connectivity index (χ2n) is 6.13. The Bertz CT molecular complexity index is 818. The van der Waals surface area contributed by atoms with Gasteiger partial charge in [0.25, 0.3) is 0 Å². The topological polar surface area (TPSA) is 114 Å². The van der Waals surface area contributed by atoms with Gasteiger partial charge in [0.2, 0.25) is 11.8 Å². The van der Waals surface area contributed by atoms with Crippen LogP contribution in [0.2, 0.25) is 0 Å². The molecule has 1 aliphatic rings. The Morgan fingerprint density at radius 2 is 2.27 bits per heavy atom. The number of methoxy groups -OCH3 is 1. The first kappa shape index (κ1) is 18.2. The molecule has 0 fully saturated rings. The second-order valence-corrected chi connectivity index (χ2v) is 6.13. The third kappa shape index (κ3) is 3.36. The molecule has 0 amide bonds. The highest BCUT2D eigenvalue weighted by Crippen LogP contribution is 2.34. The van der Waals surface area contributed by atoms with Crippen LogP contribution in [0.5, 0.6) is 5.88 Å². The maximum Gasteiger partial charge on any atom is 0.243 e. The molecule has 0 bridgehead atoms. The number of hydrogen-bond donors (Lipinski definition) is 3. The van der Waals surface area contributed by atoms with Gasteiger partial charge in [-0.1, -0.05) is 6.08 Å². The molecule has 2 aromatic rings. The smallest absolute Gasteiger partial charge is 0.243 e. The fourth-order valence-electron chi connectivity index (χ4n) is 3.23. The molecule has 0 aromatic carbocycles. The molecule has 8 nitrogen and oxygen atoms in total. The van der Waals surface area contributed by atoms with Crippen molar-refractivity contribution in [2.45, 2.75) is 31.0 Å². The van der Waals surface area contributed by atoms with Crippen LogP contribution in [-0.2, 0) is 0 Å². The van der Waals surface area contributed by atoms with E-state index in [0.29, 0.717) is 24.2 Å². The van der Waals surface area contributed by atoms with E-state index in [1.807, 2.05) is 12.1 Å². The van der Waals surface area contributed by atoms with Crippen molar-refractivity contribution in [3.63, 3.8) is 0 Å². The Kier molecular flexibility index (Phi) is 5.40. The van der Waals surface area contributed by atoms with Crippen LogP contribution in [0.3, 0.4) is 0 Å². The average molecular weight is 365 g/mol. The molecule has 2 heterocycles. The number of rotatable bonds is 7. The fraction of sp³-hybridized carbons (Fsp3) is 0.500. The number of ether oxygens (including phenoxy) is 1. The Hall–Kier alpha value is -2.62. The number of halogens is 2. The summed E-state index contributed by atoms with van der Waals surface area (Å²) < 4.78 is 32.7. The molecule has 0 aliphatic heterocycles. The van der Waals surface area contributed by atoms with E-state index < -0.39 is 25.4 Å². The molecule has 0 saturated carbocycles. The summed E-state index contributed by atoms with van der Waals surface area (Å²) in [6, 6.07) is 0.170. The zero-order valence-corrected chi connectivity index (χ0v) is 14.3. The summed E-state index contributed by atoms with van der Waals surface area (Å²) in [7, 11) is 1.50. The third-order valence-electron chi connectivity index (χ3n) is 4.51. The summed E-state index contributed by atoms with van der Waals surface area (Å²) in [6.07, 6.45) is 4.87. The maximum atomic E-state index is 12.9. The van der Waals surface area contributed by atoms with E-state index >= 15 is 0 Å². The first-order valence-electron chi connectivity index (χ1n) is 8.25. The molecule has 140 valence electrons. The lowest BCUT2D eigenvalue weighted by Gasteiger charge is -2.29. The predicted octanol–water partition coefficient (Wildman–Crippen LogP) is 2.16. The summed E-state index contributed by atoms with van der Waals surface area (Å²) in [6.45, 7) is -1.64. The van der Waals surface area contributed by atoms with Crippen LogP contribution in [0.1, 0.15) is 18.4 Å². The summed E-state index contributed by atoms with van der Waals surface area (Å²) in [5, 5.41) is 10.6. The molecule has 2 unspecified atom stereocenters. The van der Waals surface area contributed by atoms with Gasteiger partial charge in [-0.25, -0.2) is 18.8 Å². The van der Waals surface area contributed by atoms with Crippen molar-refractivity contribution < 1.29 is 13.5 Å². The Balaban J connectivity index is 2.01. The van der Waals surface area contributed by atoms with E-state index in [1.54, 1.807) is 10.7 Å². The van der Waals surface area contributed by atoms with Gasteiger partial charge in [0.15, 0.2) is 0 Å². The molecule has 0 radical (unpaired) electrons. The zero-order valence-electron chi connectivity index (χ0n) is 14.3. The molecule has 2 atom stereocenters. The molecule has 3 rings (SSSR count). The summed E-state index contributed by atoms with van der Waals surface area (Å²) >= 11 is 0. The van der Waals surface area contributed by atoms with Crippen molar-refractivity contribution in [2.24, 2.45) is 5.11 Å². The summed E-state index contributed by atoms with van der Waals surface area (Å²) in [4.78, 5) is 4.11. The minimum absolute atomic E-state index is 0.0930. The van der Waals surface area contributed by atoms with Crippen molar-refractivity contribution in [3.05, 3.63) is 23.9 Å². The first-order valence-corrected chi connectivity index (χ1v) is 8.25. The predicted molar refractivity (Wildman–Crippen MR) is 92.8 cm³/mol. The van der Waals surface area contributed by atoms with Gasteiger partial charge < -0.3 is 15.8 Å². The summed E-state index contributed by atoms with van der Waals surface area (Å²) in [5.74, 6) is 0.441. The van der Waals surface area contributed by atoms with Gasteiger partial charge in [-0.3, -0.25) is 0 Å². The number of nitrogens with zero attached hydrogens (tertiary/aromatic N) is 4. The number of anilines is 1. The van der Waals surface area contributed by atoms with Crippen LogP contribution in [0.4, 0.5) is 14.7 Å². The summed E-state index contributed by atoms with van der Waals surface area (Å²) in [5.41, 5.74) is 15.5. The van der Waals surface area contributed by atoms with E-state index in [1.165, 1.54) is 7.11 Å². The molecule has 10 heteroatoms. The molecule has 1 aliphatic carbocycles. The number of hydrogen-bond acceptors (Lipinski definition) is 7. The lowest BCUT2D eigenvalue weighted by molar-refractivity contribution is 0.280. The number of fused-ring (bicyclic) bond motifs is 1. The van der Waals surface area contributed by atoms with Gasteiger partial charge in [-0.05, 0) is 24.5 Å². The van der Waals surface area contributed by atoms with Crippen LogP contribution >= 0.6 is 0 Å². The van der Waals surface area contributed by atoms with Gasteiger partial charge in [0, 0.05) is 11.8 Å². The van der Waals surface area contributed by atoms with Crippen LogP contribution < -0.4 is 15.8 Å². The first-order chi connectivity index (χ1) is 12.6. The molecule has 2 aromatic heterocycles. The van der Waals surface area contributed by atoms with Crippen LogP contribution in [-0.4, -0.2) is 53.2 Å². The van der Waals surface area contributed by atoms with E-state index in [9.17, 15) is 8.78 Å². The fourth-order valence-corrected chi connectivity index (χ4v) is 3.23. The van der Waals surface area contributed by atoms with Crippen molar-refractivity contribution in [2.75, 3.05) is 26.2 Å². The number of allylic oxidation sites excluding steroid dienone is 1. The maximum absolute atomic E-state index is 12.9. The van der Waals surface area contributed by atoms with Crippen molar-refractivity contribution in [1.29, 1.82) is 5.53 Å². The Morgan fingerprint density at radius 3 is 2.92 bits per heavy atom. The van der Waals surface area contributed by atoms with Crippen LogP contribution in [0.25, 0.3) is 11.1 Å². The van der Waals surface area contributed by atoms with Crippen LogP contribution in [0, 0.1) is 5.53 Å². The Labute approximate surface area is 148 Å². The van der Waals surface area contributed by atoms with E-state index in [-0.39, 0.29) is 12.0 Å². The second kappa shape index (κ2) is 7.73. The Morgan fingerprint density at radius 1 is 1.50 bits per heavy atom. The van der Waals surface area contributed by atoms with E-state index in [0.717, 1.165) is 11.1 Å². The lowest BCUT2D eigenvalue weighted by Crippen LogP contribution is -2.46. The normalized spacial score (nSPS) is 20.4. The largest absolute Gasteiger partial charge is 0.479 e. The van der Waals surface area contributed by atoms with Gasteiger partial charge in [0.05, 0.1) is 25.2 Å². The molecule has 0 spiro atoms. The molecular formula is C16H21F2N7O. The standard InChI is InChI=1S/C16H21F2N7O/c1-26-15-14-11(4-5-25(14)24-16(19)22-15)9-2-3-12(23-20)13(6-9)21-10(7-17)8-18/h4-6,10,12-13,20-21H,2-3,7-8H2,1H3,(H2,19,24).